The Bertz CT molecular complexity index is 415. The summed E-state index contributed by atoms with van der Waals surface area (Å²) >= 11 is 12.3. The maximum atomic E-state index is 6.25. The number of benzene rings is 1. The Labute approximate surface area is 111 Å². The van der Waals surface area contributed by atoms with E-state index in [9.17, 15) is 0 Å². The second-order valence-electron chi connectivity index (χ2n) is 4.52. The molecule has 2 unspecified atom stereocenters. The van der Waals surface area contributed by atoms with Gasteiger partial charge in [-0.1, -0.05) is 29.3 Å². The molecule has 3 nitrogen and oxygen atoms in total. The molecule has 1 aromatic carbocycles. The lowest BCUT2D eigenvalue weighted by molar-refractivity contribution is -0.0483. The largest absolute Gasteiger partial charge is 0.369 e. The van der Waals surface area contributed by atoms with Gasteiger partial charge in [0.15, 0.2) is 0 Å². The molecule has 0 amide bonds. The average molecular weight is 273 g/mol. The minimum Gasteiger partial charge on any atom is -0.369 e. The van der Waals surface area contributed by atoms with Crippen LogP contribution in [0.3, 0.4) is 0 Å². The smallest absolute Gasteiger partial charge is 0.0879 e. The molecule has 0 spiro atoms. The van der Waals surface area contributed by atoms with Crippen molar-refractivity contribution in [2.45, 2.75) is 12.2 Å². The highest BCUT2D eigenvalue weighted by molar-refractivity contribution is 6.43. The fraction of sp³-hybridized carbons (Fsp3) is 0.500. The SMILES string of the molecule is Clc1cccc(N2CC3CNCC(C2)O3)c1Cl. The summed E-state index contributed by atoms with van der Waals surface area (Å²) in [6, 6.07) is 5.77. The molecule has 2 atom stereocenters. The van der Waals surface area contributed by atoms with E-state index < -0.39 is 0 Å². The van der Waals surface area contributed by atoms with Gasteiger partial charge in [0.05, 0.1) is 27.9 Å². The average Bonchev–Trinajstić information content (AvgIpc) is 2.32. The van der Waals surface area contributed by atoms with E-state index in [1.54, 1.807) is 0 Å². The first-order valence-corrected chi connectivity index (χ1v) is 6.55. The van der Waals surface area contributed by atoms with Crippen LogP contribution in [0.4, 0.5) is 5.69 Å². The van der Waals surface area contributed by atoms with Gasteiger partial charge in [0, 0.05) is 26.2 Å². The van der Waals surface area contributed by atoms with Crippen molar-refractivity contribution in [1.82, 2.24) is 5.32 Å². The number of halogens is 2. The molecule has 2 heterocycles. The van der Waals surface area contributed by atoms with Crippen LogP contribution >= 0.6 is 23.2 Å². The molecule has 0 radical (unpaired) electrons. The van der Waals surface area contributed by atoms with Gasteiger partial charge in [-0.05, 0) is 12.1 Å². The summed E-state index contributed by atoms with van der Waals surface area (Å²) in [4.78, 5) is 2.27. The van der Waals surface area contributed by atoms with Gasteiger partial charge in [0.25, 0.3) is 0 Å². The van der Waals surface area contributed by atoms with Gasteiger partial charge >= 0.3 is 0 Å². The number of fused-ring (bicyclic) bond motifs is 2. The zero-order valence-corrected chi connectivity index (χ0v) is 10.8. The van der Waals surface area contributed by atoms with Crippen LogP contribution in [0.25, 0.3) is 0 Å². The zero-order chi connectivity index (χ0) is 11.8. The molecule has 3 rings (SSSR count). The number of anilines is 1. The highest BCUT2D eigenvalue weighted by atomic mass is 35.5. The first kappa shape index (κ1) is 11.6. The van der Waals surface area contributed by atoms with Crippen LogP contribution in [0.15, 0.2) is 18.2 Å². The molecule has 0 aromatic heterocycles. The normalized spacial score (nSPS) is 28.2. The van der Waals surface area contributed by atoms with Crippen LogP contribution in [0, 0.1) is 0 Å². The van der Waals surface area contributed by atoms with Crippen molar-refractivity contribution >= 4 is 28.9 Å². The molecule has 1 N–H and O–H groups in total. The summed E-state index contributed by atoms with van der Waals surface area (Å²) < 4.78 is 5.86. The van der Waals surface area contributed by atoms with Crippen LogP contribution in [-0.4, -0.2) is 38.4 Å². The Hall–Kier alpha value is -0.480. The van der Waals surface area contributed by atoms with Gasteiger partial charge < -0.3 is 15.0 Å². The van der Waals surface area contributed by atoms with Gasteiger partial charge in [0.2, 0.25) is 0 Å². The molecule has 5 heteroatoms. The Morgan fingerprint density at radius 2 is 1.88 bits per heavy atom. The Morgan fingerprint density at radius 3 is 2.59 bits per heavy atom. The topological polar surface area (TPSA) is 24.5 Å². The number of morpholine rings is 2. The third-order valence-corrected chi connectivity index (χ3v) is 4.06. The number of hydrogen-bond donors (Lipinski definition) is 1. The summed E-state index contributed by atoms with van der Waals surface area (Å²) in [5, 5.41) is 4.63. The Kier molecular flexibility index (Phi) is 3.17. The van der Waals surface area contributed by atoms with Crippen LogP contribution in [0.5, 0.6) is 0 Å². The zero-order valence-electron chi connectivity index (χ0n) is 9.33. The first-order valence-electron chi connectivity index (χ1n) is 5.79. The lowest BCUT2D eigenvalue weighted by Crippen LogP contribution is -2.58. The standard InChI is InChI=1S/C12H14Cl2N2O/c13-10-2-1-3-11(12(10)14)16-6-8-4-15-5-9(7-16)17-8/h1-3,8-9,15H,4-7H2. The number of hydrogen-bond acceptors (Lipinski definition) is 3. The summed E-state index contributed by atoms with van der Waals surface area (Å²) in [6.45, 7) is 3.55. The molecular formula is C12H14Cl2N2O. The minimum atomic E-state index is 0.248. The molecule has 2 aliphatic heterocycles. The molecule has 0 saturated carbocycles. The van der Waals surface area contributed by atoms with E-state index >= 15 is 0 Å². The molecular weight excluding hydrogens is 259 g/mol. The lowest BCUT2D eigenvalue weighted by Gasteiger charge is -2.43. The Morgan fingerprint density at radius 1 is 1.18 bits per heavy atom. The van der Waals surface area contributed by atoms with Crippen LogP contribution in [-0.2, 0) is 4.74 Å². The van der Waals surface area contributed by atoms with Gasteiger partial charge in [-0.2, -0.15) is 0 Å². The molecule has 1 aromatic rings. The second kappa shape index (κ2) is 4.65. The summed E-state index contributed by atoms with van der Waals surface area (Å²) in [5.41, 5.74) is 1.01. The highest BCUT2D eigenvalue weighted by Crippen LogP contribution is 2.34. The van der Waals surface area contributed by atoms with Gasteiger partial charge in [-0.15, -0.1) is 0 Å². The third-order valence-electron chi connectivity index (χ3n) is 3.25. The van der Waals surface area contributed by atoms with E-state index in [0.717, 1.165) is 31.9 Å². The van der Waals surface area contributed by atoms with Crippen LogP contribution in [0.2, 0.25) is 10.0 Å². The second-order valence-corrected chi connectivity index (χ2v) is 5.30. The van der Waals surface area contributed by atoms with E-state index in [4.69, 9.17) is 27.9 Å². The molecule has 2 bridgehead atoms. The summed E-state index contributed by atoms with van der Waals surface area (Å²) in [6.07, 6.45) is 0.495. The monoisotopic (exact) mass is 272 g/mol. The third kappa shape index (κ3) is 2.25. The molecule has 17 heavy (non-hydrogen) atoms. The van der Waals surface area contributed by atoms with E-state index in [-0.39, 0.29) is 12.2 Å². The van der Waals surface area contributed by atoms with Crippen molar-refractivity contribution in [2.24, 2.45) is 0 Å². The molecule has 2 fully saturated rings. The number of nitrogens with zero attached hydrogens (tertiary/aromatic N) is 1. The molecule has 92 valence electrons. The lowest BCUT2D eigenvalue weighted by atomic mass is 10.1. The molecule has 0 aliphatic carbocycles. The maximum Gasteiger partial charge on any atom is 0.0879 e. The van der Waals surface area contributed by atoms with Crippen molar-refractivity contribution in [1.29, 1.82) is 0 Å². The predicted octanol–water partition coefficient (Wildman–Crippen LogP) is 2.17. The van der Waals surface area contributed by atoms with E-state index in [0.29, 0.717) is 10.0 Å². The van der Waals surface area contributed by atoms with Gasteiger partial charge in [-0.25, -0.2) is 0 Å². The number of nitrogens with one attached hydrogen (secondary N) is 1. The van der Waals surface area contributed by atoms with Crippen molar-refractivity contribution in [2.75, 3.05) is 31.1 Å². The van der Waals surface area contributed by atoms with E-state index in [1.807, 2.05) is 18.2 Å². The van der Waals surface area contributed by atoms with Crippen molar-refractivity contribution in [3.05, 3.63) is 28.2 Å². The molecule has 2 saturated heterocycles. The highest BCUT2D eigenvalue weighted by Gasteiger charge is 2.31. The fourth-order valence-electron chi connectivity index (χ4n) is 2.49. The van der Waals surface area contributed by atoms with E-state index in [1.165, 1.54) is 0 Å². The quantitative estimate of drug-likeness (QED) is 0.848. The van der Waals surface area contributed by atoms with Crippen LogP contribution in [0.1, 0.15) is 0 Å². The molecule has 2 aliphatic rings. The maximum absolute atomic E-state index is 6.25. The Balaban J connectivity index is 1.86. The van der Waals surface area contributed by atoms with Crippen LogP contribution < -0.4 is 10.2 Å². The van der Waals surface area contributed by atoms with Gasteiger partial charge in [-0.3, -0.25) is 0 Å². The number of rotatable bonds is 1. The van der Waals surface area contributed by atoms with Gasteiger partial charge in [0.1, 0.15) is 0 Å². The minimum absolute atomic E-state index is 0.248. The summed E-state index contributed by atoms with van der Waals surface area (Å²) in [5.74, 6) is 0. The van der Waals surface area contributed by atoms with E-state index in [2.05, 4.69) is 10.2 Å². The summed E-state index contributed by atoms with van der Waals surface area (Å²) in [7, 11) is 0. The van der Waals surface area contributed by atoms with Crippen molar-refractivity contribution < 1.29 is 4.74 Å². The van der Waals surface area contributed by atoms with Crippen molar-refractivity contribution in [3.63, 3.8) is 0 Å². The van der Waals surface area contributed by atoms with Crippen molar-refractivity contribution in [3.8, 4) is 0 Å². The first-order chi connectivity index (χ1) is 8.24. The fourth-order valence-corrected chi connectivity index (χ4v) is 2.90. The number of ether oxygens (including phenoxy) is 1. The predicted molar refractivity (Wildman–Crippen MR) is 70.2 cm³/mol.